The molecule has 0 atom stereocenters. The van der Waals surface area contributed by atoms with Crippen LogP contribution in [0.15, 0.2) is 17.3 Å². The van der Waals surface area contributed by atoms with E-state index >= 15 is 0 Å². The molecule has 1 aliphatic rings. The van der Waals surface area contributed by atoms with Crippen molar-refractivity contribution in [1.82, 2.24) is 4.98 Å². The lowest BCUT2D eigenvalue weighted by Gasteiger charge is -2.33. The average Bonchev–Trinajstić information content (AvgIpc) is 2.12. The average molecular weight is 207 g/mol. The molecule has 4 heteroatoms. The van der Waals surface area contributed by atoms with Gasteiger partial charge in [-0.05, 0) is 25.5 Å². The molecule has 0 saturated carbocycles. The number of hydrogen-bond donors (Lipinski definition) is 0. The van der Waals surface area contributed by atoms with Crippen LogP contribution in [0.3, 0.4) is 0 Å². The molecule has 2 heterocycles. The van der Waals surface area contributed by atoms with E-state index in [1.807, 2.05) is 18.7 Å². The molecule has 3 nitrogen and oxygen atoms in total. The van der Waals surface area contributed by atoms with Crippen LogP contribution in [0.25, 0.3) is 0 Å². The Balaban J connectivity index is 2.10. The molecule has 1 fully saturated rings. The van der Waals surface area contributed by atoms with Crippen molar-refractivity contribution in [2.24, 2.45) is 4.99 Å². The van der Waals surface area contributed by atoms with E-state index in [4.69, 9.17) is 0 Å². The molecule has 80 valence electrons. The van der Waals surface area contributed by atoms with Crippen LogP contribution in [-0.4, -0.2) is 30.3 Å². The number of nitrogens with zero attached hydrogens (tertiary/aromatic N) is 3. The van der Waals surface area contributed by atoms with Gasteiger partial charge in [0.25, 0.3) is 0 Å². The highest BCUT2D eigenvalue weighted by molar-refractivity contribution is 5.99. The minimum atomic E-state index is -0.245. The van der Waals surface area contributed by atoms with Crippen molar-refractivity contribution in [2.45, 2.75) is 13.8 Å². The Kier molecular flexibility index (Phi) is 2.66. The fourth-order valence-corrected chi connectivity index (χ4v) is 1.63. The normalized spacial score (nSPS) is 15.1. The molecule has 0 spiro atoms. The zero-order valence-corrected chi connectivity index (χ0v) is 9.00. The Morgan fingerprint density at radius 3 is 2.87 bits per heavy atom. The van der Waals surface area contributed by atoms with E-state index in [1.54, 1.807) is 6.20 Å². The summed E-state index contributed by atoms with van der Waals surface area (Å²) >= 11 is 0. The first-order valence-electron chi connectivity index (χ1n) is 5.10. The lowest BCUT2D eigenvalue weighted by atomic mass is 10.1. The van der Waals surface area contributed by atoms with Gasteiger partial charge in [-0.3, -0.25) is 4.99 Å². The van der Waals surface area contributed by atoms with E-state index in [0.29, 0.717) is 18.9 Å². The highest BCUT2D eigenvalue weighted by Crippen LogP contribution is 2.20. The highest BCUT2D eigenvalue weighted by atomic mass is 19.1. The Morgan fingerprint density at radius 2 is 2.27 bits per heavy atom. The third-order valence-corrected chi connectivity index (χ3v) is 2.39. The van der Waals surface area contributed by atoms with Gasteiger partial charge in [0.15, 0.2) is 11.6 Å². The first-order valence-corrected chi connectivity index (χ1v) is 5.10. The quantitative estimate of drug-likeness (QED) is 0.740. The molecular weight excluding hydrogens is 193 g/mol. The third kappa shape index (κ3) is 1.98. The van der Waals surface area contributed by atoms with Gasteiger partial charge in [0, 0.05) is 12.7 Å². The maximum Gasteiger partial charge on any atom is 0.165 e. The van der Waals surface area contributed by atoms with Crippen LogP contribution in [0.1, 0.15) is 12.5 Å². The molecule has 1 aromatic heterocycles. The standard InChI is InChI=1S/C11H14FN3/c1-3-13-9-6-15(7-9)11-10(12)4-8(2)5-14-11/h4-5H,3,6-7H2,1-2H3. The van der Waals surface area contributed by atoms with Gasteiger partial charge in [-0.2, -0.15) is 0 Å². The van der Waals surface area contributed by atoms with Crippen molar-refractivity contribution in [3.05, 3.63) is 23.6 Å². The molecule has 0 amide bonds. The first-order chi connectivity index (χ1) is 7.20. The number of halogens is 1. The Bertz CT molecular complexity index is 393. The predicted molar refractivity (Wildman–Crippen MR) is 59.1 cm³/mol. The summed E-state index contributed by atoms with van der Waals surface area (Å²) in [7, 11) is 0. The van der Waals surface area contributed by atoms with Crippen molar-refractivity contribution in [1.29, 1.82) is 0 Å². The van der Waals surface area contributed by atoms with Gasteiger partial charge in [0.2, 0.25) is 0 Å². The zero-order chi connectivity index (χ0) is 10.8. The Hall–Kier alpha value is -1.45. The van der Waals surface area contributed by atoms with Crippen molar-refractivity contribution in [3.8, 4) is 0 Å². The molecule has 2 rings (SSSR count). The monoisotopic (exact) mass is 207 g/mol. The van der Waals surface area contributed by atoms with Crippen molar-refractivity contribution in [2.75, 3.05) is 24.5 Å². The van der Waals surface area contributed by atoms with Crippen LogP contribution >= 0.6 is 0 Å². The summed E-state index contributed by atoms with van der Waals surface area (Å²) in [6.45, 7) is 6.05. The molecule has 15 heavy (non-hydrogen) atoms. The molecule has 0 unspecified atom stereocenters. The summed E-state index contributed by atoms with van der Waals surface area (Å²) in [5.41, 5.74) is 1.97. The molecule has 1 aliphatic heterocycles. The van der Waals surface area contributed by atoms with E-state index in [0.717, 1.165) is 17.8 Å². The predicted octanol–water partition coefficient (Wildman–Crippen LogP) is 1.81. The Morgan fingerprint density at radius 1 is 1.53 bits per heavy atom. The smallest absolute Gasteiger partial charge is 0.165 e. The fraction of sp³-hybridized carbons (Fsp3) is 0.455. The zero-order valence-electron chi connectivity index (χ0n) is 9.00. The van der Waals surface area contributed by atoms with Gasteiger partial charge in [-0.15, -0.1) is 0 Å². The van der Waals surface area contributed by atoms with Gasteiger partial charge >= 0.3 is 0 Å². The second kappa shape index (κ2) is 3.96. The maximum absolute atomic E-state index is 13.5. The summed E-state index contributed by atoms with van der Waals surface area (Å²) in [6.07, 6.45) is 1.69. The number of rotatable bonds is 2. The molecule has 0 aliphatic carbocycles. The van der Waals surface area contributed by atoms with Crippen LogP contribution in [0.5, 0.6) is 0 Å². The second-order valence-corrected chi connectivity index (χ2v) is 3.71. The van der Waals surface area contributed by atoms with Crippen LogP contribution < -0.4 is 4.90 Å². The van der Waals surface area contributed by atoms with E-state index in [9.17, 15) is 4.39 Å². The van der Waals surface area contributed by atoms with Crippen LogP contribution in [0, 0.1) is 12.7 Å². The van der Waals surface area contributed by atoms with Gasteiger partial charge in [0.1, 0.15) is 0 Å². The van der Waals surface area contributed by atoms with Crippen LogP contribution in [0.4, 0.5) is 10.2 Å². The second-order valence-electron chi connectivity index (χ2n) is 3.71. The molecule has 1 saturated heterocycles. The summed E-state index contributed by atoms with van der Waals surface area (Å²) in [5, 5.41) is 0. The lowest BCUT2D eigenvalue weighted by molar-refractivity contribution is 0.611. The topological polar surface area (TPSA) is 28.5 Å². The van der Waals surface area contributed by atoms with E-state index in [-0.39, 0.29) is 5.82 Å². The number of pyridine rings is 1. The maximum atomic E-state index is 13.5. The molecule has 1 aromatic rings. The summed E-state index contributed by atoms with van der Waals surface area (Å²) in [5.74, 6) is 0.196. The van der Waals surface area contributed by atoms with Gasteiger partial charge < -0.3 is 4.90 Å². The molecule has 0 bridgehead atoms. The number of aliphatic imine (C=N–C) groups is 1. The van der Waals surface area contributed by atoms with Gasteiger partial charge in [0.05, 0.1) is 18.8 Å². The minimum absolute atomic E-state index is 0.245. The van der Waals surface area contributed by atoms with E-state index in [1.165, 1.54) is 6.07 Å². The van der Waals surface area contributed by atoms with Crippen molar-refractivity contribution >= 4 is 11.5 Å². The largest absolute Gasteiger partial charge is 0.343 e. The first kappa shape index (κ1) is 10.1. The van der Waals surface area contributed by atoms with E-state index in [2.05, 4.69) is 9.98 Å². The summed E-state index contributed by atoms with van der Waals surface area (Å²) in [4.78, 5) is 10.3. The van der Waals surface area contributed by atoms with Crippen LogP contribution in [-0.2, 0) is 0 Å². The Labute approximate surface area is 88.7 Å². The van der Waals surface area contributed by atoms with Gasteiger partial charge in [-0.1, -0.05) is 0 Å². The number of aryl methyl sites for hydroxylation is 1. The number of anilines is 1. The summed E-state index contributed by atoms with van der Waals surface area (Å²) < 4.78 is 13.5. The number of hydrogen-bond acceptors (Lipinski definition) is 3. The third-order valence-electron chi connectivity index (χ3n) is 2.39. The SMILES string of the molecule is CCN=C1CN(c2ncc(C)cc2F)C1. The van der Waals surface area contributed by atoms with Crippen molar-refractivity contribution < 1.29 is 4.39 Å². The molecular formula is C11H14FN3. The number of aromatic nitrogens is 1. The summed E-state index contributed by atoms with van der Waals surface area (Å²) in [6, 6.07) is 1.51. The molecule has 0 aromatic carbocycles. The molecule has 0 radical (unpaired) electrons. The van der Waals surface area contributed by atoms with Gasteiger partial charge in [-0.25, -0.2) is 9.37 Å². The fourth-order valence-electron chi connectivity index (χ4n) is 1.63. The van der Waals surface area contributed by atoms with E-state index < -0.39 is 0 Å². The highest BCUT2D eigenvalue weighted by Gasteiger charge is 2.24. The molecule has 0 N–H and O–H groups in total. The lowest BCUT2D eigenvalue weighted by Crippen LogP contribution is -2.48. The van der Waals surface area contributed by atoms with Crippen LogP contribution in [0.2, 0.25) is 0 Å². The van der Waals surface area contributed by atoms with Crippen molar-refractivity contribution in [3.63, 3.8) is 0 Å². The minimum Gasteiger partial charge on any atom is -0.343 e.